The number of aromatic hydroxyl groups is 1. The third kappa shape index (κ3) is 3.13. The van der Waals surface area contributed by atoms with Crippen LogP contribution < -0.4 is 5.32 Å². The van der Waals surface area contributed by atoms with Gasteiger partial charge in [-0.1, -0.05) is 11.6 Å². The van der Waals surface area contributed by atoms with Crippen LogP contribution in [-0.2, 0) is 4.74 Å². The van der Waals surface area contributed by atoms with E-state index in [0.29, 0.717) is 0 Å². The molecule has 0 aliphatic carbocycles. The van der Waals surface area contributed by atoms with Crippen molar-refractivity contribution in [3.63, 3.8) is 0 Å². The van der Waals surface area contributed by atoms with Crippen LogP contribution in [0.1, 0.15) is 17.3 Å². The number of alkyl carbamates (subject to hydrolysis) is 1. The van der Waals surface area contributed by atoms with Crippen LogP contribution in [0.25, 0.3) is 0 Å². The molecule has 2 N–H and O–H groups in total. The van der Waals surface area contributed by atoms with Crippen molar-refractivity contribution in [1.82, 2.24) is 5.32 Å². The number of phenols is 1. The zero-order valence-corrected chi connectivity index (χ0v) is 9.25. The van der Waals surface area contributed by atoms with Crippen LogP contribution in [0, 0.1) is 0 Å². The van der Waals surface area contributed by atoms with Gasteiger partial charge in [0, 0.05) is 5.02 Å². The smallest absolute Gasteiger partial charge is 0.414 e. The molecule has 0 aliphatic rings. The Morgan fingerprint density at radius 3 is 2.81 bits per heavy atom. The minimum Gasteiger partial charge on any atom is -0.507 e. The summed E-state index contributed by atoms with van der Waals surface area (Å²) < 4.78 is 4.52. The zero-order valence-electron chi connectivity index (χ0n) is 8.49. The number of carbonyl (C=O) groups excluding carboxylic acids is 2. The second-order valence-corrected chi connectivity index (χ2v) is 3.27. The fraction of sp³-hybridized carbons (Fsp3) is 0.200. The van der Waals surface area contributed by atoms with Gasteiger partial charge < -0.3 is 9.84 Å². The number of ether oxygens (including phenoxy) is 1. The number of benzene rings is 1. The van der Waals surface area contributed by atoms with E-state index in [1.54, 1.807) is 6.92 Å². The second-order valence-electron chi connectivity index (χ2n) is 2.84. The molecule has 0 aliphatic heterocycles. The lowest BCUT2D eigenvalue weighted by Gasteiger charge is -2.05. The minimum atomic E-state index is -0.869. The summed E-state index contributed by atoms with van der Waals surface area (Å²) in [6.45, 7) is 1.77. The molecule has 16 heavy (non-hydrogen) atoms. The Hall–Kier alpha value is -1.75. The molecule has 0 spiro atoms. The first-order valence-electron chi connectivity index (χ1n) is 4.51. The van der Waals surface area contributed by atoms with Crippen LogP contribution in [0.4, 0.5) is 4.79 Å². The van der Waals surface area contributed by atoms with Gasteiger partial charge in [-0.05, 0) is 25.1 Å². The van der Waals surface area contributed by atoms with Crippen molar-refractivity contribution in [1.29, 1.82) is 0 Å². The van der Waals surface area contributed by atoms with E-state index in [2.05, 4.69) is 4.74 Å². The lowest BCUT2D eigenvalue weighted by molar-refractivity contribution is 0.0922. The molecule has 6 heteroatoms. The number of hydrogen-bond donors (Lipinski definition) is 2. The largest absolute Gasteiger partial charge is 0.507 e. The summed E-state index contributed by atoms with van der Waals surface area (Å²) in [4.78, 5) is 22.4. The van der Waals surface area contributed by atoms with Crippen LogP contribution in [0.3, 0.4) is 0 Å². The molecular formula is C10H10ClNO4. The third-order valence-corrected chi connectivity index (χ3v) is 1.93. The molecule has 0 heterocycles. The molecule has 0 bridgehead atoms. The Morgan fingerprint density at radius 1 is 1.50 bits per heavy atom. The van der Waals surface area contributed by atoms with Crippen LogP contribution in [0.15, 0.2) is 18.2 Å². The zero-order chi connectivity index (χ0) is 12.1. The molecule has 0 atom stereocenters. The van der Waals surface area contributed by atoms with E-state index < -0.39 is 12.0 Å². The van der Waals surface area contributed by atoms with E-state index in [-0.39, 0.29) is 22.9 Å². The molecule has 1 aromatic rings. The second kappa shape index (κ2) is 5.37. The van der Waals surface area contributed by atoms with Gasteiger partial charge in [-0.25, -0.2) is 4.79 Å². The van der Waals surface area contributed by atoms with Crippen LogP contribution in [-0.4, -0.2) is 23.7 Å². The predicted molar refractivity (Wildman–Crippen MR) is 57.6 cm³/mol. The Morgan fingerprint density at radius 2 is 2.19 bits per heavy atom. The molecule has 86 valence electrons. The highest BCUT2D eigenvalue weighted by atomic mass is 35.5. The quantitative estimate of drug-likeness (QED) is 0.832. The number of hydrogen-bond acceptors (Lipinski definition) is 4. The summed E-state index contributed by atoms with van der Waals surface area (Å²) in [5.41, 5.74) is -0.0828. The van der Waals surface area contributed by atoms with Gasteiger partial charge in [0.25, 0.3) is 5.91 Å². The number of phenolic OH excluding ortho intramolecular Hbond substituents is 1. The first-order valence-corrected chi connectivity index (χ1v) is 4.89. The molecular weight excluding hydrogens is 234 g/mol. The van der Waals surface area contributed by atoms with Gasteiger partial charge in [-0.3, -0.25) is 10.1 Å². The first kappa shape index (κ1) is 12.3. The maximum absolute atomic E-state index is 11.5. The minimum absolute atomic E-state index is 0.0828. The standard InChI is InChI=1S/C10H10ClNO4/c1-2-16-10(15)12-9(14)7-5-6(11)3-4-8(7)13/h3-5,13H,2H2,1H3,(H,12,14,15). The van der Waals surface area contributed by atoms with Crippen molar-refractivity contribution >= 4 is 23.6 Å². The molecule has 1 aromatic carbocycles. The number of carbonyl (C=O) groups is 2. The summed E-state index contributed by atoms with van der Waals surface area (Å²) in [5, 5.41) is 11.6. The van der Waals surface area contributed by atoms with E-state index in [4.69, 9.17) is 11.6 Å². The van der Waals surface area contributed by atoms with Crippen molar-refractivity contribution in [3.05, 3.63) is 28.8 Å². The number of imide groups is 1. The van der Waals surface area contributed by atoms with Crippen molar-refractivity contribution in [2.24, 2.45) is 0 Å². The van der Waals surface area contributed by atoms with Crippen molar-refractivity contribution in [2.45, 2.75) is 6.92 Å². The molecule has 1 rings (SSSR count). The van der Waals surface area contributed by atoms with Gasteiger partial charge in [0.15, 0.2) is 0 Å². The average molecular weight is 244 g/mol. The maximum atomic E-state index is 11.5. The Kier molecular flexibility index (Phi) is 4.13. The van der Waals surface area contributed by atoms with E-state index >= 15 is 0 Å². The lowest BCUT2D eigenvalue weighted by Crippen LogP contribution is -2.31. The van der Waals surface area contributed by atoms with Gasteiger partial charge >= 0.3 is 6.09 Å². The highest BCUT2D eigenvalue weighted by Crippen LogP contribution is 2.21. The summed E-state index contributed by atoms with van der Waals surface area (Å²) in [5.74, 6) is -1.02. The SMILES string of the molecule is CCOC(=O)NC(=O)c1cc(Cl)ccc1O. The first-order chi connectivity index (χ1) is 7.54. The van der Waals surface area contributed by atoms with E-state index in [1.165, 1.54) is 18.2 Å². The van der Waals surface area contributed by atoms with E-state index in [1.807, 2.05) is 5.32 Å². The number of rotatable bonds is 2. The summed E-state index contributed by atoms with van der Waals surface area (Å²) >= 11 is 5.65. The van der Waals surface area contributed by atoms with Gasteiger partial charge in [-0.2, -0.15) is 0 Å². The van der Waals surface area contributed by atoms with Gasteiger partial charge in [0.1, 0.15) is 5.75 Å². The molecule has 0 saturated heterocycles. The molecule has 2 amide bonds. The highest BCUT2D eigenvalue weighted by Gasteiger charge is 2.14. The fourth-order valence-electron chi connectivity index (χ4n) is 1.02. The number of nitrogens with one attached hydrogen (secondary N) is 1. The van der Waals surface area contributed by atoms with Crippen LogP contribution in [0.2, 0.25) is 5.02 Å². The Labute approximate surface area is 97.0 Å². The lowest BCUT2D eigenvalue weighted by atomic mass is 10.2. The Balaban J connectivity index is 2.80. The van der Waals surface area contributed by atoms with Crippen molar-refractivity contribution in [3.8, 4) is 5.75 Å². The van der Waals surface area contributed by atoms with Gasteiger partial charge in [-0.15, -0.1) is 0 Å². The number of amides is 2. The normalized spacial score (nSPS) is 9.62. The van der Waals surface area contributed by atoms with E-state index in [0.717, 1.165) is 0 Å². The van der Waals surface area contributed by atoms with Crippen LogP contribution in [0.5, 0.6) is 5.75 Å². The Bertz CT molecular complexity index is 419. The summed E-state index contributed by atoms with van der Waals surface area (Å²) in [6, 6.07) is 3.95. The highest BCUT2D eigenvalue weighted by molar-refractivity contribution is 6.31. The number of halogens is 1. The third-order valence-electron chi connectivity index (χ3n) is 1.69. The topological polar surface area (TPSA) is 75.6 Å². The molecule has 5 nitrogen and oxygen atoms in total. The molecule has 0 saturated carbocycles. The fourth-order valence-corrected chi connectivity index (χ4v) is 1.19. The van der Waals surface area contributed by atoms with Crippen molar-refractivity contribution < 1.29 is 19.4 Å². The predicted octanol–water partition coefficient (Wildman–Crippen LogP) is 1.93. The molecule has 0 radical (unpaired) electrons. The summed E-state index contributed by atoms with van der Waals surface area (Å²) in [6.07, 6.45) is -0.869. The average Bonchev–Trinajstić information content (AvgIpc) is 2.21. The van der Waals surface area contributed by atoms with E-state index in [9.17, 15) is 14.7 Å². The van der Waals surface area contributed by atoms with Gasteiger partial charge in [0.05, 0.1) is 12.2 Å². The maximum Gasteiger partial charge on any atom is 0.414 e. The van der Waals surface area contributed by atoms with Gasteiger partial charge in [0.2, 0.25) is 0 Å². The molecule has 0 unspecified atom stereocenters. The molecule has 0 fully saturated rings. The summed E-state index contributed by atoms with van der Waals surface area (Å²) in [7, 11) is 0. The monoisotopic (exact) mass is 243 g/mol. The van der Waals surface area contributed by atoms with Crippen LogP contribution >= 0.6 is 11.6 Å². The molecule has 0 aromatic heterocycles. The van der Waals surface area contributed by atoms with Crippen molar-refractivity contribution in [2.75, 3.05) is 6.61 Å².